The number of rotatable bonds is 4. The highest BCUT2D eigenvalue weighted by Gasteiger charge is 2.25. The van der Waals surface area contributed by atoms with Crippen LogP contribution < -0.4 is 10.1 Å². The van der Waals surface area contributed by atoms with E-state index < -0.39 is 6.61 Å². The molecule has 0 saturated heterocycles. The van der Waals surface area contributed by atoms with E-state index in [0.29, 0.717) is 0 Å². The van der Waals surface area contributed by atoms with Gasteiger partial charge in [0.15, 0.2) is 0 Å². The van der Waals surface area contributed by atoms with Gasteiger partial charge < -0.3 is 10.1 Å². The van der Waals surface area contributed by atoms with E-state index in [-0.39, 0.29) is 11.8 Å². The van der Waals surface area contributed by atoms with Gasteiger partial charge in [0.2, 0.25) is 5.95 Å². The quantitative estimate of drug-likeness (QED) is 0.487. The summed E-state index contributed by atoms with van der Waals surface area (Å²) < 4.78 is 31.6. The minimum absolute atomic E-state index is 0.139. The molecule has 0 saturated carbocycles. The van der Waals surface area contributed by atoms with Crippen molar-refractivity contribution in [2.45, 2.75) is 12.7 Å². The van der Waals surface area contributed by atoms with E-state index in [1.165, 1.54) is 0 Å². The molecule has 1 N–H and O–H groups in total. The van der Waals surface area contributed by atoms with Crippen LogP contribution in [0.25, 0.3) is 16.7 Å². The lowest BCUT2D eigenvalue weighted by molar-refractivity contribution is -0.0498. The Morgan fingerprint density at radius 1 is 0.897 bits per heavy atom. The first-order valence-electron chi connectivity index (χ1n) is 9.25. The van der Waals surface area contributed by atoms with Crippen molar-refractivity contribution in [2.75, 3.05) is 5.32 Å². The smallest absolute Gasteiger partial charge is 0.387 e. The number of aromatic nitrogens is 2. The lowest BCUT2D eigenvalue weighted by Gasteiger charge is -2.26. The van der Waals surface area contributed by atoms with Crippen molar-refractivity contribution < 1.29 is 13.5 Å². The number of anilines is 1. The van der Waals surface area contributed by atoms with Gasteiger partial charge in [-0.2, -0.15) is 8.78 Å². The summed E-state index contributed by atoms with van der Waals surface area (Å²) in [6.07, 6.45) is 2.12. The molecule has 4 nitrogen and oxygen atoms in total. The Bertz CT molecular complexity index is 1180. The number of para-hydroxylation sites is 2. The molecule has 1 atom stereocenters. The molecule has 1 aliphatic rings. The zero-order valence-electron chi connectivity index (χ0n) is 15.3. The highest BCUT2D eigenvalue weighted by atomic mass is 19.3. The Balaban J connectivity index is 1.63. The first-order valence-corrected chi connectivity index (χ1v) is 9.25. The van der Waals surface area contributed by atoms with Crippen LogP contribution in [0.3, 0.4) is 0 Å². The SMILES string of the molecule is FC(F)Oc1ccc(C2C=C(c3ccccc3)Nc3nc4ccccc4n32)cc1. The Morgan fingerprint density at radius 3 is 2.38 bits per heavy atom. The van der Waals surface area contributed by atoms with Crippen LogP contribution in [0.1, 0.15) is 17.2 Å². The van der Waals surface area contributed by atoms with Gasteiger partial charge in [0.25, 0.3) is 0 Å². The van der Waals surface area contributed by atoms with E-state index in [2.05, 4.69) is 20.7 Å². The predicted octanol–water partition coefficient (Wildman–Crippen LogP) is 5.69. The number of allylic oxidation sites excluding steroid dienone is 1. The molecular formula is C23H17F2N3O. The third-order valence-corrected chi connectivity index (χ3v) is 4.98. The highest BCUT2D eigenvalue weighted by Crippen LogP contribution is 2.37. The zero-order chi connectivity index (χ0) is 19.8. The monoisotopic (exact) mass is 389 g/mol. The number of hydrogen-bond acceptors (Lipinski definition) is 3. The summed E-state index contributed by atoms with van der Waals surface area (Å²) in [7, 11) is 0. The van der Waals surface area contributed by atoms with Gasteiger partial charge >= 0.3 is 6.61 Å². The molecule has 0 aliphatic carbocycles. The van der Waals surface area contributed by atoms with Crippen molar-refractivity contribution in [1.82, 2.24) is 9.55 Å². The summed E-state index contributed by atoms with van der Waals surface area (Å²) in [4.78, 5) is 4.75. The van der Waals surface area contributed by atoms with Crippen molar-refractivity contribution in [3.63, 3.8) is 0 Å². The van der Waals surface area contributed by atoms with Crippen LogP contribution in [0.5, 0.6) is 5.75 Å². The van der Waals surface area contributed by atoms with Crippen molar-refractivity contribution in [1.29, 1.82) is 0 Å². The molecule has 6 heteroatoms. The molecule has 29 heavy (non-hydrogen) atoms. The largest absolute Gasteiger partial charge is 0.435 e. The van der Waals surface area contributed by atoms with E-state index in [9.17, 15) is 8.78 Å². The normalized spacial score (nSPS) is 15.7. The van der Waals surface area contributed by atoms with Gasteiger partial charge in [-0.1, -0.05) is 54.6 Å². The lowest BCUT2D eigenvalue weighted by atomic mass is 10.0. The van der Waals surface area contributed by atoms with Crippen LogP contribution in [-0.2, 0) is 0 Å². The van der Waals surface area contributed by atoms with Gasteiger partial charge in [-0.15, -0.1) is 0 Å². The molecule has 1 aromatic heterocycles. The molecule has 5 rings (SSSR count). The van der Waals surface area contributed by atoms with Crippen molar-refractivity contribution in [3.05, 3.63) is 96.1 Å². The molecule has 144 valence electrons. The summed E-state index contributed by atoms with van der Waals surface area (Å²) in [6.45, 7) is -2.84. The zero-order valence-corrected chi connectivity index (χ0v) is 15.3. The van der Waals surface area contributed by atoms with Crippen LogP contribution in [0.2, 0.25) is 0 Å². The standard InChI is InChI=1S/C23H17F2N3O/c24-22(25)29-17-12-10-16(11-13-17)21-14-19(15-6-2-1-3-7-15)27-23-26-18-8-4-5-9-20(18)28(21)23/h1-14,21-22H,(H,26,27). The predicted molar refractivity (Wildman–Crippen MR) is 109 cm³/mol. The second-order valence-electron chi connectivity index (χ2n) is 6.76. The fourth-order valence-corrected chi connectivity index (χ4v) is 3.69. The van der Waals surface area contributed by atoms with Gasteiger partial charge in [-0.3, -0.25) is 4.57 Å². The fourth-order valence-electron chi connectivity index (χ4n) is 3.69. The van der Waals surface area contributed by atoms with E-state index in [1.807, 2.05) is 66.7 Å². The van der Waals surface area contributed by atoms with Crippen LogP contribution in [-0.4, -0.2) is 16.2 Å². The second-order valence-corrected chi connectivity index (χ2v) is 6.76. The Morgan fingerprint density at radius 2 is 1.62 bits per heavy atom. The van der Waals surface area contributed by atoms with Crippen LogP contribution >= 0.6 is 0 Å². The lowest BCUT2D eigenvalue weighted by Crippen LogP contribution is -2.19. The van der Waals surface area contributed by atoms with E-state index in [4.69, 9.17) is 4.98 Å². The highest BCUT2D eigenvalue weighted by molar-refractivity contribution is 5.85. The molecule has 0 radical (unpaired) electrons. The third-order valence-electron chi connectivity index (χ3n) is 4.98. The molecule has 1 aliphatic heterocycles. The number of ether oxygens (including phenoxy) is 1. The Hall–Kier alpha value is -3.67. The average Bonchev–Trinajstić information content (AvgIpc) is 3.12. The summed E-state index contributed by atoms with van der Waals surface area (Å²) in [5, 5.41) is 3.43. The molecule has 0 bridgehead atoms. The minimum Gasteiger partial charge on any atom is -0.435 e. The maximum atomic E-state index is 12.5. The second kappa shape index (κ2) is 7.05. The van der Waals surface area contributed by atoms with E-state index >= 15 is 0 Å². The molecule has 4 aromatic rings. The maximum absolute atomic E-state index is 12.5. The van der Waals surface area contributed by atoms with E-state index in [0.717, 1.165) is 33.8 Å². The average molecular weight is 389 g/mol. The van der Waals surface area contributed by atoms with Crippen LogP contribution in [0, 0.1) is 0 Å². The number of imidazole rings is 1. The number of hydrogen-bond donors (Lipinski definition) is 1. The minimum atomic E-state index is -2.84. The van der Waals surface area contributed by atoms with Gasteiger partial charge in [-0.25, -0.2) is 4.98 Å². The van der Waals surface area contributed by atoms with Gasteiger partial charge in [0.1, 0.15) is 5.75 Å². The van der Waals surface area contributed by atoms with Crippen LogP contribution in [0.15, 0.2) is 84.9 Å². The van der Waals surface area contributed by atoms with Crippen molar-refractivity contribution >= 4 is 22.7 Å². The summed E-state index contributed by atoms with van der Waals surface area (Å²) in [5.74, 6) is 0.881. The number of benzene rings is 3. The van der Waals surface area contributed by atoms with Crippen molar-refractivity contribution in [3.8, 4) is 5.75 Å². The molecule has 1 unspecified atom stereocenters. The molecule has 0 spiro atoms. The molecule has 0 amide bonds. The number of fused-ring (bicyclic) bond motifs is 3. The first-order chi connectivity index (χ1) is 14.2. The van der Waals surface area contributed by atoms with Gasteiger partial charge in [-0.05, 0) is 41.5 Å². The van der Waals surface area contributed by atoms with Gasteiger partial charge in [0.05, 0.1) is 17.1 Å². The number of halogens is 2. The van der Waals surface area contributed by atoms with Gasteiger partial charge in [0, 0.05) is 5.70 Å². The maximum Gasteiger partial charge on any atom is 0.387 e. The molecule has 0 fully saturated rings. The first kappa shape index (κ1) is 17.4. The fraction of sp³-hybridized carbons (Fsp3) is 0.0870. The van der Waals surface area contributed by atoms with E-state index in [1.54, 1.807) is 12.1 Å². The number of nitrogens with zero attached hydrogens (tertiary/aromatic N) is 2. The third kappa shape index (κ3) is 3.23. The van der Waals surface area contributed by atoms with Crippen LogP contribution in [0.4, 0.5) is 14.7 Å². The summed E-state index contributed by atoms with van der Waals surface area (Å²) in [6, 6.07) is 24.6. The number of nitrogens with one attached hydrogen (secondary N) is 1. The number of alkyl halides is 2. The molecular weight excluding hydrogens is 372 g/mol. The summed E-state index contributed by atoms with van der Waals surface area (Å²) >= 11 is 0. The summed E-state index contributed by atoms with van der Waals surface area (Å²) in [5.41, 5.74) is 4.84. The Kier molecular flexibility index (Phi) is 4.24. The Labute approximate surface area is 166 Å². The molecule has 3 aromatic carbocycles. The van der Waals surface area contributed by atoms with Crippen molar-refractivity contribution in [2.24, 2.45) is 0 Å². The topological polar surface area (TPSA) is 39.1 Å². The molecule has 2 heterocycles.